The molecule has 1 saturated heterocycles. The summed E-state index contributed by atoms with van der Waals surface area (Å²) < 4.78 is 9.28. The number of carbonyl (C=O) groups excluding carboxylic acids is 1. The monoisotopic (exact) mass is 318 g/mol. The van der Waals surface area contributed by atoms with Gasteiger partial charge in [0.15, 0.2) is 0 Å². The molecule has 8 heteroatoms. The van der Waals surface area contributed by atoms with Gasteiger partial charge in [0.25, 0.3) is 0 Å². The van der Waals surface area contributed by atoms with Gasteiger partial charge in [-0.05, 0) is 13.0 Å². The number of nitrogens with zero attached hydrogens (tertiary/aromatic N) is 5. The molecule has 0 aromatic carbocycles. The van der Waals surface area contributed by atoms with E-state index in [4.69, 9.17) is 4.74 Å². The quantitative estimate of drug-likeness (QED) is 0.856. The zero-order valence-electron chi connectivity index (χ0n) is 13.5. The fourth-order valence-corrected chi connectivity index (χ4v) is 2.76. The van der Waals surface area contributed by atoms with Crippen LogP contribution in [0.25, 0.3) is 0 Å². The lowest BCUT2D eigenvalue weighted by atomic mass is 10.2. The summed E-state index contributed by atoms with van der Waals surface area (Å²) in [4.78, 5) is 14.3. The minimum absolute atomic E-state index is 0.0345. The normalized spacial score (nSPS) is 19.0. The summed E-state index contributed by atoms with van der Waals surface area (Å²) in [7, 11) is 1.82. The average Bonchev–Trinajstić information content (AvgIpc) is 3.09. The Morgan fingerprint density at radius 1 is 1.52 bits per heavy atom. The number of ether oxygens (including phenoxy) is 1. The van der Waals surface area contributed by atoms with Crippen LogP contribution >= 0.6 is 0 Å². The van der Waals surface area contributed by atoms with Crippen molar-refractivity contribution in [2.45, 2.75) is 19.6 Å². The first-order valence-corrected chi connectivity index (χ1v) is 7.72. The Morgan fingerprint density at radius 2 is 2.39 bits per heavy atom. The van der Waals surface area contributed by atoms with Gasteiger partial charge in [-0.3, -0.25) is 19.1 Å². The second-order valence-corrected chi connectivity index (χ2v) is 5.80. The number of hydrogen-bond donors (Lipinski definition) is 1. The summed E-state index contributed by atoms with van der Waals surface area (Å²) in [5.41, 5.74) is 0.883. The first-order valence-electron chi connectivity index (χ1n) is 7.72. The highest BCUT2D eigenvalue weighted by Crippen LogP contribution is 2.10. The molecule has 1 amide bonds. The van der Waals surface area contributed by atoms with E-state index in [0.29, 0.717) is 25.5 Å². The predicted molar refractivity (Wildman–Crippen MR) is 85.0 cm³/mol. The summed E-state index contributed by atoms with van der Waals surface area (Å²) >= 11 is 0. The fourth-order valence-electron chi connectivity index (χ4n) is 2.76. The van der Waals surface area contributed by atoms with Crippen molar-refractivity contribution in [3.05, 3.63) is 30.2 Å². The van der Waals surface area contributed by atoms with E-state index in [1.54, 1.807) is 10.9 Å². The summed E-state index contributed by atoms with van der Waals surface area (Å²) in [5, 5.41) is 11.3. The zero-order valence-corrected chi connectivity index (χ0v) is 13.5. The maximum Gasteiger partial charge on any atom is 0.239 e. The fraction of sp³-hybridized carbons (Fsp3) is 0.533. The Hall–Kier alpha value is -2.19. The molecule has 1 fully saturated rings. The summed E-state index contributed by atoms with van der Waals surface area (Å²) in [5.74, 6) is 0.682. The number of morpholine rings is 1. The Bertz CT molecular complexity index is 651. The van der Waals surface area contributed by atoms with Gasteiger partial charge >= 0.3 is 0 Å². The van der Waals surface area contributed by atoms with Crippen LogP contribution in [0.2, 0.25) is 0 Å². The summed E-state index contributed by atoms with van der Waals surface area (Å²) in [6.07, 6.45) is 3.72. The van der Waals surface area contributed by atoms with Crippen LogP contribution in [0.3, 0.4) is 0 Å². The summed E-state index contributed by atoms with van der Waals surface area (Å²) in [6, 6.07) is 3.75. The molecule has 1 N–H and O–H groups in total. The van der Waals surface area contributed by atoms with Crippen LogP contribution in [0.15, 0.2) is 24.5 Å². The number of anilines is 1. The van der Waals surface area contributed by atoms with E-state index in [1.165, 1.54) is 0 Å². The van der Waals surface area contributed by atoms with Crippen LogP contribution in [-0.4, -0.2) is 62.7 Å². The molecule has 0 aliphatic carbocycles. The molecule has 124 valence electrons. The third-order valence-electron chi connectivity index (χ3n) is 3.81. The van der Waals surface area contributed by atoms with Crippen LogP contribution in [0.4, 0.5) is 5.82 Å². The molecular formula is C15H22N6O2. The molecule has 1 atom stereocenters. The number of aromatic nitrogens is 4. The van der Waals surface area contributed by atoms with E-state index < -0.39 is 0 Å². The van der Waals surface area contributed by atoms with Crippen molar-refractivity contribution in [2.24, 2.45) is 7.05 Å². The van der Waals surface area contributed by atoms with Crippen LogP contribution in [0, 0.1) is 6.92 Å². The molecule has 0 unspecified atom stereocenters. The molecule has 1 aliphatic heterocycles. The van der Waals surface area contributed by atoms with Crippen molar-refractivity contribution in [2.75, 3.05) is 31.6 Å². The molecule has 0 radical (unpaired) electrons. The van der Waals surface area contributed by atoms with Gasteiger partial charge in [-0.1, -0.05) is 0 Å². The Balaban J connectivity index is 1.50. The molecular weight excluding hydrogens is 296 g/mol. The zero-order chi connectivity index (χ0) is 16.2. The van der Waals surface area contributed by atoms with Crippen molar-refractivity contribution in [3.63, 3.8) is 0 Å². The lowest BCUT2D eigenvalue weighted by Gasteiger charge is -2.32. The van der Waals surface area contributed by atoms with Gasteiger partial charge in [0.2, 0.25) is 5.91 Å². The van der Waals surface area contributed by atoms with Crippen molar-refractivity contribution in [3.8, 4) is 0 Å². The standard InChI is InChI=1S/C15H22N6O2/c1-12-8-14(19(2)18-12)17-15(22)11-20-6-7-23-13(9-20)10-21-5-3-4-16-21/h3-5,8,13H,6-7,9-11H2,1-2H3,(H,17,22)/t13-/m0/s1. The van der Waals surface area contributed by atoms with Gasteiger partial charge in [-0.15, -0.1) is 0 Å². The molecule has 1 aliphatic rings. The van der Waals surface area contributed by atoms with Crippen molar-refractivity contribution >= 4 is 11.7 Å². The van der Waals surface area contributed by atoms with E-state index in [9.17, 15) is 4.79 Å². The minimum Gasteiger partial charge on any atom is -0.374 e. The maximum atomic E-state index is 12.2. The highest BCUT2D eigenvalue weighted by atomic mass is 16.5. The molecule has 2 aromatic rings. The molecule has 3 rings (SSSR count). The SMILES string of the molecule is Cc1cc(NC(=O)CN2CCO[C@H](Cn3cccn3)C2)n(C)n1. The van der Waals surface area contributed by atoms with Crippen molar-refractivity contribution < 1.29 is 9.53 Å². The minimum atomic E-state index is -0.0345. The topological polar surface area (TPSA) is 77.2 Å². The molecule has 3 heterocycles. The number of amides is 1. The highest BCUT2D eigenvalue weighted by molar-refractivity contribution is 5.91. The van der Waals surface area contributed by atoms with Gasteiger partial charge in [0.1, 0.15) is 5.82 Å². The number of nitrogens with one attached hydrogen (secondary N) is 1. The Morgan fingerprint density at radius 3 is 3.09 bits per heavy atom. The molecule has 8 nitrogen and oxygen atoms in total. The second kappa shape index (κ2) is 6.93. The molecule has 0 spiro atoms. The maximum absolute atomic E-state index is 12.2. The van der Waals surface area contributed by atoms with E-state index in [0.717, 1.165) is 18.8 Å². The largest absolute Gasteiger partial charge is 0.374 e. The van der Waals surface area contributed by atoms with Crippen LogP contribution in [0.5, 0.6) is 0 Å². The van der Waals surface area contributed by atoms with Crippen LogP contribution in [0.1, 0.15) is 5.69 Å². The lowest BCUT2D eigenvalue weighted by Crippen LogP contribution is -2.47. The summed E-state index contributed by atoms with van der Waals surface area (Å²) in [6.45, 7) is 5.06. The Labute approximate surface area is 135 Å². The second-order valence-electron chi connectivity index (χ2n) is 5.80. The highest BCUT2D eigenvalue weighted by Gasteiger charge is 2.23. The molecule has 2 aromatic heterocycles. The molecule has 0 bridgehead atoms. The third kappa shape index (κ3) is 4.17. The first kappa shape index (κ1) is 15.7. The van der Waals surface area contributed by atoms with Gasteiger partial charge in [0, 0.05) is 38.6 Å². The van der Waals surface area contributed by atoms with E-state index in [2.05, 4.69) is 20.4 Å². The van der Waals surface area contributed by atoms with Gasteiger partial charge in [0.05, 0.1) is 31.5 Å². The molecule has 23 heavy (non-hydrogen) atoms. The number of carbonyl (C=O) groups is 1. The van der Waals surface area contributed by atoms with E-state index >= 15 is 0 Å². The number of hydrogen-bond acceptors (Lipinski definition) is 5. The predicted octanol–water partition coefficient (Wildman–Crippen LogP) is 0.265. The van der Waals surface area contributed by atoms with Crippen LogP contribution < -0.4 is 5.32 Å². The van der Waals surface area contributed by atoms with E-state index in [-0.39, 0.29) is 12.0 Å². The lowest BCUT2D eigenvalue weighted by molar-refractivity contribution is -0.119. The average molecular weight is 318 g/mol. The van der Waals surface area contributed by atoms with Gasteiger partial charge < -0.3 is 10.1 Å². The van der Waals surface area contributed by atoms with Gasteiger partial charge in [-0.2, -0.15) is 10.2 Å². The Kier molecular flexibility index (Phi) is 4.73. The van der Waals surface area contributed by atoms with E-state index in [1.807, 2.05) is 37.0 Å². The number of aryl methyl sites for hydroxylation is 2. The smallest absolute Gasteiger partial charge is 0.239 e. The van der Waals surface area contributed by atoms with Crippen molar-refractivity contribution in [1.82, 2.24) is 24.5 Å². The first-order chi connectivity index (χ1) is 11.1. The van der Waals surface area contributed by atoms with Crippen LogP contribution in [-0.2, 0) is 23.1 Å². The van der Waals surface area contributed by atoms with Gasteiger partial charge in [-0.25, -0.2) is 0 Å². The third-order valence-corrected chi connectivity index (χ3v) is 3.81. The molecule has 0 saturated carbocycles. The van der Waals surface area contributed by atoms with Crippen molar-refractivity contribution in [1.29, 1.82) is 0 Å². The number of rotatable bonds is 5.